The summed E-state index contributed by atoms with van der Waals surface area (Å²) in [6.45, 7) is 0. The van der Waals surface area contributed by atoms with Crippen LogP contribution in [0.3, 0.4) is 0 Å². The number of hydrogen-bond acceptors (Lipinski definition) is 5. The third kappa shape index (κ3) is 3.81. The minimum Gasteiger partial charge on any atom is -0.311 e. The molecule has 6 nitrogen and oxygen atoms in total. The number of aryl methyl sites for hydroxylation is 1. The lowest BCUT2D eigenvalue weighted by Gasteiger charge is -2.09. The highest BCUT2D eigenvalue weighted by atomic mass is 32.2. The van der Waals surface area contributed by atoms with Crippen LogP contribution in [0.4, 0.5) is 5.69 Å². The summed E-state index contributed by atoms with van der Waals surface area (Å²) in [5.74, 6) is 0. The van der Waals surface area contributed by atoms with Crippen molar-refractivity contribution < 1.29 is 8.42 Å². The van der Waals surface area contributed by atoms with Crippen molar-refractivity contribution >= 4 is 38.2 Å². The highest BCUT2D eigenvalue weighted by Gasteiger charge is 2.15. The molecule has 8 heteroatoms. The zero-order valence-electron chi connectivity index (χ0n) is 14.4. The number of sulfonamides is 1. The number of aromatic nitrogens is 3. The van der Waals surface area contributed by atoms with E-state index in [1.807, 2.05) is 54.1 Å². The van der Waals surface area contributed by atoms with Crippen LogP contribution in [-0.2, 0) is 17.1 Å². The molecule has 1 aromatic heterocycles. The maximum atomic E-state index is 12.7. The molecule has 0 aliphatic heterocycles. The number of nitrogens with one attached hydrogen (secondary N) is 1. The van der Waals surface area contributed by atoms with Crippen molar-refractivity contribution in [2.75, 3.05) is 4.72 Å². The normalized spacial score (nSPS) is 11.6. The molecule has 0 bridgehead atoms. The smallest absolute Gasteiger partial charge is 0.261 e. The van der Waals surface area contributed by atoms with Crippen molar-refractivity contribution in [2.24, 2.45) is 7.05 Å². The van der Waals surface area contributed by atoms with Gasteiger partial charge in [0, 0.05) is 17.6 Å². The third-order valence-electron chi connectivity index (χ3n) is 4.02. The summed E-state index contributed by atoms with van der Waals surface area (Å²) in [6, 6.07) is 19.9. The first-order valence-electron chi connectivity index (χ1n) is 8.15. The average molecular weight is 396 g/mol. The molecule has 0 amide bonds. The molecule has 0 aliphatic carbocycles. The Labute approximate surface area is 161 Å². The largest absolute Gasteiger partial charge is 0.311 e. The van der Waals surface area contributed by atoms with E-state index in [1.165, 1.54) is 11.8 Å². The summed E-state index contributed by atoms with van der Waals surface area (Å²) in [6.07, 6.45) is 1.63. The van der Waals surface area contributed by atoms with Crippen LogP contribution in [0, 0.1) is 0 Å². The summed E-state index contributed by atoms with van der Waals surface area (Å²) in [7, 11) is -1.79. The minimum atomic E-state index is -3.66. The second-order valence-corrected chi connectivity index (χ2v) is 8.69. The van der Waals surface area contributed by atoms with Crippen molar-refractivity contribution in [3.8, 4) is 0 Å². The van der Waals surface area contributed by atoms with E-state index in [0.717, 1.165) is 20.8 Å². The Hall–Kier alpha value is -2.84. The highest BCUT2D eigenvalue weighted by Crippen LogP contribution is 2.27. The lowest BCUT2D eigenvalue weighted by Crippen LogP contribution is -2.12. The van der Waals surface area contributed by atoms with Crippen molar-refractivity contribution in [1.29, 1.82) is 0 Å². The van der Waals surface area contributed by atoms with Crippen LogP contribution in [0.5, 0.6) is 0 Å². The van der Waals surface area contributed by atoms with Gasteiger partial charge in [0.15, 0.2) is 5.16 Å². The second kappa shape index (κ2) is 7.05. The fourth-order valence-corrected chi connectivity index (χ4v) is 4.47. The maximum Gasteiger partial charge on any atom is 0.261 e. The Bertz CT molecular complexity index is 1200. The van der Waals surface area contributed by atoms with Crippen molar-refractivity contribution in [1.82, 2.24) is 14.8 Å². The van der Waals surface area contributed by atoms with Crippen molar-refractivity contribution in [2.45, 2.75) is 14.9 Å². The SMILES string of the molecule is Cn1cnnc1Sc1ccc(NS(=O)(=O)c2ccc3ccccc3c2)cc1. The van der Waals surface area contributed by atoms with Crippen LogP contribution in [0.25, 0.3) is 10.8 Å². The number of rotatable bonds is 5. The molecule has 3 aromatic carbocycles. The fourth-order valence-electron chi connectivity index (χ4n) is 2.61. The zero-order chi connectivity index (χ0) is 18.9. The zero-order valence-corrected chi connectivity index (χ0v) is 16.0. The van der Waals surface area contributed by atoms with Crippen molar-refractivity contribution in [3.05, 3.63) is 73.1 Å². The molecule has 0 saturated heterocycles. The summed E-state index contributed by atoms with van der Waals surface area (Å²) in [4.78, 5) is 1.18. The van der Waals surface area contributed by atoms with Gasteiger partial charge in [0.1, 0.15) is 6.33 Å². The van der Waals surface area contributed by atoms with Crippen molar-refractivity contribution in [3.63, 3.8) is 0 Å². The van der Waals surface area contributed by atoms with Crippen LogP contribution in [0.2, 0.25) is 0 Å². The van der Waals surface area contributed by atoms with Gasteiger partial charge in [0.05, 0.1) is 4.90 Å². The van der Waals surface area contributed by atoms with Gasteiger partial charge in [-0.25, -0.2) is 8.42 Å². The van der Waals surface area contributed by atoms with Crippen LogP contribution in [0.1, 0.15) is 0 Å². The quantitative estimate of drug-likeness (QED) is 0.553. The van der Waals surface area contributed by atoms with E-state index in [0.29, 0.717) is 5.69 Å². The molecule has 0 fully saturated rings. The maximum absolute atomic E-state index is 12.7. The number of benzene rings is 3. The minimum absolute atomic E-state index is 0.235. The first kappa shape index (κ1) is 17.6. The molecule has 0 unspecified atom stereocenters. The first-order valence-corrected chi connectivity index (χ1v) is 10.4. The molecule has 1 heterocycles. The van der Waals surface area contributed by atoms with E-state index in [4.69, 9.17) is 0 Å². The summed E-state index contributed by atoms with van der Waals surface area (Å²) >= 11 is 1.46. The fraction of sp³-hybridized carbons (Fsp3) is 0.0526. The van der Waals surface area contributed by atoms with Crippen LogP contribution in [-0.4, -0.2) is 23.2 Å². The first-order chi connectivity index (χ1) is 13.0. The Morgan fingerprint density at radius 3 is 2.41 bits per heavy atom. The predicted octanol–water partition coefficient (Wildman–Crippen LogP) is 3.92. The van der Waals surface area contributed by atoms with E-state index < -0.39 is 10.0 Å². The number of hydrogen-bond donors (Lipinski definition) is 1. The van der Waals surface area contributed by atoms with Gasteiger partial charge < -0.3 is 4.57 Å². The molecular weight excluding hydrogens is 380 g/mol. The topological polar surface area (TPSA) is 76.9 Å². The Morgan fingerprint density at radius 2 is 1.70 bits per heavy atom. The van der Waals surface area contributed by atoms with E-state index in [9.17, 15) is 8.42 Å². The number of nitrogens with zero attached hydrogens (tertiary/aromatic N) is 3. The number of fused-ring (bicyclic) bond motifs is 1. The van der Waals surface area contributed by atoms with Gasteiger partial charge in [0.2, 0.25) is 0 Å². The lowest BCUT2D eigenvalue weighted by molar-refractivity contribution is 0.601. The summed E-state index contributed by atoms with van der Waals surface area (Å²) < 4.78 is 29.8. The Balaban J connectivity index is 1.54. The molecule has 4 aromatic rings. The van der Waals surface area contributed by atoms with Gasteiger partial charge in [-0.15, -0.1) is 10.2 Å². The molecule has 0 atom stereocenters. The Morgan fingerprint density at radius 1 is 0.963 bits per heavy atom. The average Bonchev–Trinajstić information content (AvgIpc) is 3.07. The second-order valence-electron chi connectivity index (χ2n) is 5.97. The van der Waals surface area contributed by atoms with Crippen LogP contribution in [0.15, 0.2) is 88.0 Å². The van der Waals surface area contributed by atoms with Crippen LogP contribution < -0.4 is 4.72 Å². The van der Waals surface area contributed by atoms with Gasteiger partial charge in [-0.1, -0.05) is 30.3 Å². The summed E-state index contributed by atoms with van der Waals surface area (Å²) in [5.41, 5.74) is 0.505. The highest BCUT2D eigenvalue weighted by molar-refractivity contribution is 7.99. The van der Waals surface area contributed by atoms with E-state index >= 15 is 0 Å². The molecule has 0 saturated carbocycles. The van der Waals surface area contributed by atoms with E-state index in [-0.39, 0.29) is 4.90 Å². The van der Waals surface area contributed by atoms with Gasteiger partial charge in [-0.3, -0.25) is 4.72 Å². The predicted molar refractivity (Wildman–Crippen MR) is 106 cm³/mol. The third-order valence-corrected chi connectivity index (χ3v) is 6.46. The Kier molecular flexibility index (Phi) is 4.59. The van der Waals surface area contributed by atoms with Gasteiger partial charge in [-0.2, -0.15) is 0 Å². The molecule has 1 N–H and O–H groups in total. The van der Waals surface area contributed by atoms with Gasteiger partial charge >= 0.3 is 0 Å². The molecule has 4 rings (SSSR count). The molecule has 27 heavy (non-hydrogen) atoms. The molecule has 0 spiro atoms. The van der Waals surface area contributed by atoms with Gasteiger partial charge in [0.25, 0.3) is 10.0 Å². The standard InChI is InChI=1S/C19H16N4O2S2/c1-23-13-20-21-19(23)26-17-9-7-16(8-10-17)22-27(24,25)18-11-6-14-4-2-3-5-15(14)12-18/h2-13,22H,1H3. The molecule has 0 radical (unpaired) electrons. The van der Waals surface area contributed by atoms with Gasteiger partial charge in [-0.05, 0) is 58.9 Å². The number of anilines is 1. The summed E-state index contributed by atoms with van der Waals surface area (Å²) in [5, 5.41) is 10.5. The van der Waals surface area contributed by atoms with Crippen LogP contribution >= 0.6 is 11.8 Å². The molecular formula is C19H16N4O2S2. The van der Waals surface area contributed by atoms with E-state index in [2.05, 4.69) is 14.9 Å². The van der Waals surface area contributed by atoms with E-state index in [1.54, 1.807) is 30.6 Å². The molecule has 136 valence electrons. The monoisotopic (exact) mass is 396 g/mol. The lowest BCUT2D eigenvalue weighted by atomic mass is 10.1. The molecule has 0 aliphatic rings.